The predicted octanol–water partition coefficient (Wildman–Crippen LogP) is 4.20. The fraction of sp³-hybridized carbons (Fsp3) is 0.368. The number of amides is 1. The van der Waals surface area contributed by atoms with E-state index < -0.39 is 15.7 Å². The lowest BCUT2D eigenvalue weighted by Crippen LogP contribution is -2.17. The number of carbonyl (C=O) groups excluding carboxylic acids is 1. The van der Waals surface area contributed by atoms with Gasteiger partial charge in [-0.1, -0.05) is 18.5 Å². The summed E-state index contributed by atoms with van der Waals surface area (Å²) in [5.74, 6) is -0.142. The van der Waals surface area contributed by atoms with Gasteiger partial charge in [-0.2, -0.15) is 5.26 Å². The van der Waals surface area contributed by atoms with E-state index in [1.54, 1.807) is 0 Å². The van der Waals surface area contributed by atoms with Crippen LogP contribution in [0.15, 0.2) is 29.2 Å². The Morgan fingerprint density at radius 3 is 2.74 bits per heavy atom. The van der Waals surface area contributed by atoms with Gasteiger partial charge in [-0.15, -0.1) is 11.3 Å². The van der Waals surface area contributed by atoms with Crippen molar-refractivity contribution >= 4 is 43.7 Å². The molecule has 1 aliphatic rings. The molecular formula is C19H19ClN2O3S2. The first-order valence-corrected chi connectivity index (χ1v) is 11.5. The van der Waals surface area contributed by atoms with Crippen LogP contribution in [0.4, 0.5) is 5.00 Å². The smallest absolute Gasteiger partial charge is 0.226 e. The Morgan fingerprint density at radius 1 is 1.37 bits per heavy atom. The van der Waals surface area contributed by atoms with Gasteiger partial charge in [0, 0.05) is 16.3 Å². The molecule has 1 aromatic heterocycles. The van der Waals surface area contributed by atoms with Crippen LogP contribution < -0.4 is 5.32 Å². The predicted molar refractivity (Wildman–Crippen MR) is 107 cm³/mol. The van der Waals surface area contributed by atoms with Crippen LogP contribution in [-0.4, -0.2) is 20.1 Å². The van der Waals surface area contributed by atoms with Gasteiger partial charge in [0.2, 0.25) is 5.91 Å². The van der Waals surface area contributed by atoms with Gasteiger partial charge >= 0.3 is 0 Å². The van der Waals surface area contributed by atoms with Crippen LogP contribution >= 0.6 is 22.9 Å². The number of hydrogen-bond donors (Lipinski definition) is 1. The summed E-state index contributed by atoms with van der Waals surface area (Å²) in [6.07, 6.45) is 2.62. The molecule has 0 unspecified atom stereocenters. The minimum Gasteiger partial charge on any atom is -0.317 e. The highest BCUT2D eigenvalue weighted by atomic mass is 35.5. The van der Waals surface area contributed by atoms with Gasteiger partial charge in [-0.05, 0) is 55.0 Å². The van der Waals surface area contributed by atoms with E-state index in [-0.39, 0.29) is 17.1 Å². The maximum Gasteiger partial charge on any atom is 0.226 e. The lowest BCUT2D eigenvalue weighted by Gasteiger charge is -2.17. The zero-order valence-corrected chi connectivity index (χ0v) is 17.2. The molecule has 1 atom stereocenters. The highest BCUT2D eigenvalue weighted by Gasteiger charge is 2.25. The molecule has 0 fully saturated rings. The van der Waals surface area contributed by atoms with Crippen molar-refractivity contribution in [1.29, 1.82) is 5.26 Å². The van der Waals surface area contributed by atoms with Crippen LogP contribution in [0, 0.1) is 17.2 Å². The minimum atomic E-state index is -3.57. The third-order valence-corrected chi connectivity index (χ3v) is 7.80. The molecule has 5 nitrogen and oxygen atoms in total. The molecule has 0 saturated carbocycles. The fourth-order valence-electron chi connectivity index (χ4n) is 3.13. The summed E-state index contributed by atoms with van der Waals surface area (Å²) in [6, 6.07) is 8.06. The van der Waals surface area contributed by atoms with E-state index in [1.165, 1.54) is 35.6 Å². The van der Waals surface area contributed by atoms with E-state index >= 15 is 0 Å². The third kappa shape index (κ3) is 4.52. The molecule has 3 rings (SSSR count). The Kier molecular flexibility index (Phi) is 5.89. The number of nitrogens with zero attached hydrogens (tertiary/aromatic N) is 1. The summed E-state index contributed by atoms with van der Waals surface area (Å²) in [6.45, 7) is 2.18. The second-order valence-corrected chi connectivity index (χ2v) is 10.4. The first-order chi connectivity index (χ1) is 12.8. The molecule has 1 amide bonds. The number of anilines is 1. The second-order valence-electron chi connectivity index (χ2n) is 6.74. The van der Waals surface area contributed by atoms with Crippen LogP contribution in [0.1, 0.15) is 35.8 Å². The number of sulfone groups is 1. The zero-order chi connectivity index (χ0) is 19.6. The number of fused-ring (bicyclic) bond motifs is 1. The van der Waals surface area contributed by atoms with Crippen molar-refractivity contribution in [3.05, 3.63) is 45.3 Å². The first-order valence-electron chi connectivity index (χ1n) is 8.63. The lowest BCUT2D eigenvalue weighted by atomic mass is 9.89. The second kappa shape index (κ2) is 8.01. The van der Waals surface area contributed by atoms with Gasteiger partial charge in [0.1, 0.15) is 11.1 Å². The maximum absolute atomic E-state index is 12.3. The molecule has 0 aliphatic heterocycles. The summed E-state index contributed by atoms with van der Waals surface area (Å²) in [5, 5.41) is 13.2. The summed E-state index contributed by atoms with van der Waals surface area (Å²) in [5.41, 5.74) is 1.56. The van der Waals surface area contributed by atoms with Gasteiger partial charge in [0.25, 0.3) is 0 Å². The number of carbonyl (C=O) groups is 1. The van der Waals surface area contributed by atoms with Gasteiger partial charge in [0.15, 0.2) is 9.84 Å². The van der Waals surface area contributed by atoms with E-state index in [2.05, 4.69) is 18.3 Å². The first kappa shape index (κ1) is 19.9. The molecule has 1 aliphatic carbocycles. The van der Waals surface area contributed by atoms with Crippen molar-refractivity contribution in [3.8, 4) is 6.07 Å². The monoisotopic (exact) mass is 422 g/mol. The van der Waals surface area contributed by atoms with Crippen LogP contribution in [0.5, 0.6) is 0 Å². The number of benzene rings is 1. The van der Waals surface area contributed by atoms with Crippen molar-refractivity contribution in [3.63, 3.8) is 0 Å². The molecule has 142 valence electrons. The fourth-order valence-corrected chi connectivity index (χ4v) is 5.88. The van der Waals surface area contributed by atoms with Crippen LogP contribution in [-0.2, 0) is 27.5 Å². The van der Waals surface area contributed by atoms with Crippen molar-refractivity contribution < 1.29 is 13.2 Å². The van der Waals surface area contributed by atoms with Crippen molar-refractivity contribution in [1.82, 2.24) is 0 Å². The zero-order valence-electron chi connectivity index (χ0n) is 14.8. The molecule has 0 radical (unpaired) electrons. The Morgan fingerprint density at radius 2 is 2.07 bits per heavy atom. The Balaban J connectivity index is 1.68. The Hall–Kier alpha value is -1.88. The average molecular weight is 423 g/mol. The minimum absolute atomic E-state index is 0.137. The van der Waals surface area contributed by atoms with E-state index in [4.69, 9.17) is 11.6 Å². The number of nitriles is 1. The Bertz CT molecular complexity index is 1000. The molecule has 1 N–H and O–H groups in total. The van der Waals surface area contributed by atoms with E-state index in [9.17, 15) is 18.5 Å². The molecular weight excluding hydrogens is 404 g/mol. The van der Waals surface area contributed by atoms with Gasteiger partial charge in [-0.3, -0.25) is 4.79 Å². The molecule has 1 heterocycles. The van der Waals surface area contributed by atoms with E-state index in [1.807, 2.05) is 0 Å². The number of rotatable bonds is 5. The highest BCUT2D eigenvalue weighted by molar-refractivity contribution is 7.91. The number of hydrogen-bond acceptors (Lipinski definition) is 5. The largest absolute Gasteiger partial charge is 0.317 e. The summed E-state index contributed by atoms with van der Waals surface area (Å²) in [7, 11) is -3.57. The summed E-state index contributed by atoms with van der Waals surface area (Å²) in [4.78, 5) is 13.6. The molecule has 2 aromatic rings. The molecule has 1 aromatic carbocycles. The summed E-state index contributed by atoms with van der Waals surface area (Å²) >= 11 is 7.21. The topological polar surface area (TPSA) is 87.0 Å². The maximum atomic E-state index is 12.3. The third-order valence-electron chi connectivity index (χ3n) is 4.65. The van der Waals surface area contributed by atoms with Crippen LogP contribution in [0.2, 0.25) is 5.02 Å². The van der Waals surface area contributed by atoms with Gasteiger partial charge < -0.3 is 5.32 Å². The van der Waals surface area contributed by atoms with Gasteiger partial charge in [0.05, 0.1) is 16.2 Å². The average Bonchev–Trinajstić information content (AvgIpc) is 2.96. The number of nitrogens with one attached hydrogen (secondary N) is 1. The van der Waals surface area contributed by atoms with Gasteiger partial charge in [-0.25, -0.2) is 8.42 Å². The molecule has 0 bridgehead atoms. The lowest BCUT2D eigenvalue weighted by molar-refractivity contribution is -0.115. The van der Waals surface area contributed by atoms with E-state index in [0.29, 0.717) is 21.5 Å². The SMILES string of the molecule is C[C@@H]1CCc2c(sc(NC(=O)CCS(=O)(=O)c3ccc(Cl)cc3)c2C#N)C1. The van der Waals surface area contributed by atoms with Crippen molar-refractivity contribution in [2.24, 2.45) is 5.92 Å². The van der Waals surface area contributed by atoms with Crippen molar-refractivity contribution in [2.45, 2.75) is 37.5 Å². The Labute approximate surface area is 167 Å². The normalized spacial score (nSPS) is 16.4. The van der Waals surface area contributed by atoms with Crippen molar-refractivity contribution in [2.75, 3.05) is 11.1 Å². The number of halogens is 1. The van der Waals surface area contributed by atoms with Crippen LogP contribution in [0.25, 0.3) is 0 Å². The molecule has 8 heteroatoms. The van der Waals surface area contributed by atoms with E-state index in [0.717, 1.165) is 29.7 Å². The standard InChI is InChI=1S/C19H19ClN2O3S2/c1-12-2-7-15-16(11-21)19(26-17(15)10-12)22-18(23)8-9-27(24,25)14-5-3-13(20)4-6-14/h3-6,12H,2,7-10H2,1H3,(H,22,23)/t12-/m1/s1. The quantitative estimate of drug-likeness (QED) is 0.782. The molecule has 0 saturated heterocycles. The molecule has 0 spiro atoms. The number of thiophene rings is 1. The summed E-state index contributed by atoms with van der Waals surface area (Å²) < 4.78 is 24.7. The molecule has 27 heavy (non-hydrogen) atoms. The van der Waals surface area contributed by atoms with Crippen LogP contribution in [0.3, 0.4) is 0 Å². The highest BCUT2D eigenvalue weighted by Crippen LogP contribution is 2.39.